The quantitative estimate of drug-likeness (QED) is 0.719. The molecule has 0 bridgehead atoms. The summed E-state index contributed by atoms with van der Waals surface area (Å²) in [5, 5.41) is 6.53. The third-order valence-electron chi connectivity index (χ3n) is 1.71. The van der Waals surface area contributed by atoms with E-state index < -0.39 is 0 Å². The molecule has 0 saturated carbocycles. The van der Waals surface area contributed by atoms with E-state index in [4.69, 9.17) is 10.5 Å². The number of anilines is 1. The van der Waals surface area contributed by atoms with Crippen LogP contribution in [0.2, 0.25) is 0 Å². The first-order chi connectivity index (χ1) is 6.79. The zero-order valence-electron chi connectivity index (χ0n) is 7.56. The van der Waals surface area contributed by atoms with Gasteiger partial charge in [-0.15, -0.1) is 0 Å². The molecule has 0 fully saturated rings. The van der Waals surface area contributed by atoms with E-state index in [1.54, 1.807) is 12.3 Å². The van der Waals surface area contributed by atoms with Gasteiger partial charge in [-0.2, -0.15) is 5.10 Å². The van der Waals surface area contributed by atoms with Crippen LogP contribution in [0.4, 0.5) is 5.82 Å². The fourth-order valence-electron chi connectivity index (χ4n) is 1.03. The van der Waals surface area contributed by atoms with Gasteiger partial charge in [0, 0.05) is 6.07 Å². The Morgan fingerprint density at radius 1 is 1.36 bits per heavy atom. The first kappa shape index (κ1) is 8.49. The molecule has 0 amide bonds. The minimum atomic E-state index is 0.428. The van der Waals surface area contributed by atoms with Gasteiger partial charge >= 0.3 is 0 Å². The van der Waals surface area contributed by atoms with Gasteiger partial charge in [0.25, 0.3) is 0 Å². The van der Waals surface area contributed by atoms with Gasteiger partial charge in [0.15, 0.2) is 0 Å². The van der Waals surface area contributed by atoms with Crippen LogP contribution in [-0.2, 0) is 0 Å². The van der Waals surface area contributed by atoms with E-state index in [1.165, 1.54) is 13.3 Å². The van der Waals surface area contributed by atoms with Crippen LogP contribution in [0.25, 0.3) is 11.4 Å². The molecule has 0 saturated heterocycles. The van der Waals surface area contributed by atoms with Crippen molar-refractivity contribution >= 4 is 5.82 Å². The smallest absolute Gasteiger partial charge is 0.232 e. The third-order valence-corrected chi connectivity index (χ3v) is 1.71. The second-order valence-electron chi connectivity index (χ2n) is 2.65. The van der Waals surface area contributed by atoms with Gasteiger partial charge in [-0.1, -0.05) is 0 Å². The summed E-state index contributed by atoms with van der Waals surface area (Å²) in [7, 11) is 1.54. The van der Waals surface area contributed by atoms with Crippen LogP contribution in [0.5, 0.6) is 5.88 Å². The minimum absolute atomic E-state index is 0.428. The van der Waals surface area contributed by atoms with Crippen LogP contribution in [0.1, 0.15) is 0 Å². The van der Waals surface area contributed by atoms with Gasteiger partial charge in [0.05, 0.1) is 25.2 Å². The van der Waals surface area contributed by atoms with Gasteiger partial charge in [-0.3, -0.25) is 5.10 Å². The Hall–Kier alpha value is -2.11. The van der Waals surface area contributed by atoms with Crippen LogP contribution >= 0.6 is 0 Å². The molecule has 2 rings (SSSR count). The second-order valence-corrected chi connectivity index (χ2v) is 2.65. The monoisotopic (exact) mass is 191 g/mol. The Labute approximate surface area is 80.1 Å². The predicted octanol–water partition coefficient (Wildman–Crippen LogP) is 0.457. The largest absolute Gasteiger partial charge is 0.480 e. The number of nitrogen functional groups attached to an aromatic ring is 1. The van der Waals surface area contributed by atoms with Crippen LogP contribution in [0, 0.1) is 0 Å². The number of methoxy groups -OCH3 is 1. The van der Waals surface area contributed by atoms with Crippen LogP contribution < -0.4 is 10.5 Å². The molecule has 0 aliphatic heterocycles. The lowest BCUT2D eigenvalue weighted by Crippen LogP contribution is -1.90. The Morgan fingerprint density at radius 2 is 2.21 bits per heavy atom. The number of nitrogens with one attached hydrogen (secondary N) is 1. The van der Waals surface area contributed by atoms with Crippen molar-refractivity contribution in [2.45, 2.75) is 0 Å². The van der Waals surface area contributed by atoms with Crippen molar-refractivity contribution < 1.29 is 4.74 Å². The highest BCUT2D eigenvalue weighted by Crippen LogP contribution is 2.15. The van der Waals surface area contributed by atoms with E-state index in [0.29, 0.717) is 17.4 Å². The number of nitrogens with two attached hydrogens (primary N) is 1. The summed E-state index contributed by atoms with van der Waals surface area (Å²) in [5.41, 5.74) is 6.87. The maximum absolute atomic E-state index is 5.46. The number of nitrogens with zero attached hydrogens (tertiary/aromatic N) is 3. The van der Waals surface area contributed by atoms with E-state index in [0.717, 1.165) is 5.69 Å². The summed E-state index contributed by atoms with van der Waals surface area (Å²) in [6.45, 7) is 0. The van der Waals surface area contributed by atoms with Gasteiger partial charge in [0.1, 0.15) is 11.5 Å². The molecule has 72 valence electrons. The molecule has 0 atom stereocenters. The van der Waals surface area contributed by atoms with Crippen LogP contribution in [0.3, 0.4) is 0 Å². The molecule has 6 heteroatoms. The molecule has 2 heterocycles. The first-order valence-corrected chi connectivity index (χ1v) is 3.97. The highest BCUT2D eigenvalue weighted by Gasteiger charge is 2.03. The van der Waals surface area contributed by atoms with Gasteiger partial charge in [-0.25, -0.2) is 9.97 Å². The Bertz CT molecular complexity index is 422. The van der Waals surface area contributed by atoms with E-state index in [9.17, 15) is 0 Å². The fourth-order valence-corrected chi connectivity index (χ4v) is 1.03. The summed E-state index contributed by atoms with van der Waals surface area (Å²) >= 11 is 0. The molecule has 0 aliphatic carbocycles. The van der Waals surface area contributed by atoms with E-state index in [2.05, 4.69) is 20.2 Å². The number of rotatable bonds is 2. The Kier molecular flexibility index (Phi) is 2.02. The van der Waals surface area contributed by atoms with Gasteiger partial charge in [-0.05, 0) is 0 Å². The lowest BCUT2D eigenvalue weighted by Gasteiger charge is -1.98. The first-order valence-electron chi connectivity index (χ1n) is 3.97. The normalized spacial score (nSPS) is 10.1. The Balaban J connectivity index is 2.33. The maximum atomic E-state index is 5.46. The summed E-state index contributed by atoms with van der Waals surface area (Å²) in [6.07, 6.45) is 3.12. The number of aromatic amines is 1. The zero-order chi connectivity index (χ0) is 9.97. The molecular weight excluding hydrogens is 182 g/mol. The van der Waals surface area contributed by atoms with Crippen molar-refractivity contribution in [1.29, 1.82) is 0 Å². The van der Waals surface area contributed by atoms with E-state index >= 15 is 0 Å². The summed E-state index contributed by atoms with van der Waals surface area (Å²) in [4.78, 5) is 8.13. The van der Waals surface area contributed by atoms with Crippen molar-refractivity contribution in [1.82, 2.24) is 20.2 Å². The van der Waals surface area contributed by atoms with Crippen molar-refractivity contribution in [2.75, 3.05) is 12.8 Å². The summed E-state index contributed by atoms with van der Waals surface area (Å²) < 4.78 is 4.89. The molecule has 3 N–H and O–H groups in total. The molecule has 2 aromatic rings. The third kappa shape index (κ3) is 1.49. The van der Waals surface area contributed by atoms with Crippen molar-refractivity contribution in [3.63, 3.8) is 0 Å². The van der Waals surface area contributed by atoms with Gasteiger partial charge in [0.2, 0.25) is 5.88 Å². The van der Waals surface area contributed by atoms with Crippen LogP contribution in [0.15, 0.2) is 18.5 Å². The van der Waals surface area contributed by atoms with E-state index in [-0.39, 0.29) is 0 Å². The van der Waals surface area contributed by atoms with Crippen molar-refractivity contribution in [3.05, 3.63) is 18.5 Å². The SMILES string of the molecule is COc1cnc(-c2cc(N)n[nH]2)cn1. The lowest BCUT2D eigenvalue weighted by atomic mass is 10.3. The van der Waals surface area contributed by atoms with Crippen molar-refractivity contribution in [2.24, 2.45) is 0 Å². The van der Waals surface area contributed by atoms with E-state index in [1.807, 2.05) is 0 Å². The number of hydrogen-bond acceptors (Lipinski definition) is 5. The number of H-pyrrole nitrogens is 1. The highest BCUT2D eigenvalue weighted by molar-refractivity contribution is 5.56. The van der Waals surface area contributed by atoms with Crippen molar-refractivity contribution in [3.8, 4) is 17.3 Å². The fraction of sp³-hybridized carbons (Fsp3) is 0.125. The average Bonchev–Trinajstić information content (AvgIpc) is 2.65. The highest BCUT2D eigenvalue weighted by atomic mass is 16.5. The minimum Gasteiger partial charge on any atom is -0.480 e. The average molecular weight is 191 g/mol. The van der Waals surface area contributed by atoms with Crippen LogP contribution in [-0.4, -0.2) is 27.3 Å². The van der Waals surface area contributed by atoms with Gasteiger partial charge < -0.3 is 10.5 Å². The summed E-state index contributed by atoms with van der Waals surface area (Å²) in [6, 6.07) is 1.69. The number of ether oxygens (including phenoxy) is 1. The molecule has 0 spiro atoms. The molecule has 2 aromatic heterocycles. The topological polar surface area (TPSA) is 89.7 Å². The predicted molar refractivity (Wildman–Crippen MR) is 50.6 cm³/mol. The standard InChI is InChI=1S/C8H9N5O/c1-14-8-4-10-6(3-11-8)5-2-7(9)13-12-5/h2-4H,1H3,(H3,9,12,13). The second kappa shape index (κ2) is 3.33. The molecule has 14 heavy (non-hydrogen) atoms. The molecular formula is C8H9N5O. The Morgan fingerprint density at radius 3 is 2.71 bits per heavy atom. The molecule has 0 aromatic carbocycles. The zero-order valence-corrected chi connectivity index (χ0v) is 7.56. The number of aromatic nitrogens is 4. The maximum Gasteiger partial charge on any atom is 0.232 e. The molecule has 0 unspecified atom stereocenters. The summed E-state index contributed by atoms with van der Waals surface area (Å²) in [5.74, 6) is 0.902. The number of hydrogen-bond donors (Lipinski definition) is 2. The molecule has 0 radical (unpaired) electrons. The lowest BCUT2D eigenvalue weighted by molar-refractivity contribution is 0.396. The molecule has 0 aliphatic rings. The molecule has 6 nitrogen and oxygen atoms in total.